The summed E-state index contributed by atoms with van der Waals surface area (Å²) in [6.07, 6.45) is 1.96. The van der Waals surface area contributed by atoms with E-state index in [0.717, 1.165) is 16.2 Å². The average molecular weight is 303 g/mol. The lowest BCUT2D eigenvalue weighted by Crippen LogP contribution is -2.11. The molecule has 2 nitrogen and oxygen atoms in total. The maximum atomic E-state index is 12.0. The van der Waals surface area contributed by atoms with Crippen LogP contribution in [0.1, 0.15) is 24.2 Å². The zero-order valence-electron chi connectivity index (χ0n) is 9.62. The van der Waals surface area contributed by atoms with E-state index in [4.69, 9.17) is 4.74 Å². The van der Waals surface area contributed by atoms with Crippen LogP contribution in [-0.4, -0.2) is 23.5 Å². The number of rotatable bonds is 5. The molecule has 0 fully saturated rings. The zero-order valence-corrected chi connectivity index (χ0v) is 12.0. The SMILES string of the molecule is CCOc1ccc(SC)c(C(=O)C(C)Br)c1. The third kappa shape index (κ3) is 3.25. The van der Waals surface area contributed by atoms with Crippen molar-refractivity contribution in [1.82, 2.24) is 0 Å². The minimum Gasteiger partial charge on any atom is -0.494 e. The highest BCUT2D eigenvalue weighted by molar-refractivity contribution is 9.10. The monoisotopic (exact) mass is 302 g/mol. The maximum absolute atomic E-state index is 12.0. The molecule has 0 bridgehead atoms. The van der Waals surface area contributed by atoms with E-state index in [1.54, 1.807) is 11.8 Å². The van der Waals surface area contributed by atoms with Crippen LogP contribution in [0.5, 0.6) is 5.75 Å². The first kappa shape index (κ1) is 13.6. The molecule has 1 rings (SSSR count). The Balaban J connectivity index is 3.11. The van der Waals surface area contributed by atoms with Crippen LogP contribution in [-0.2, 0) is 0 Å². The Morgan fingerprint density at radius 3 is 2.75 bits per heavy atom. The van der Waals surface area contributed by atoms with E-state index < -0.39 is 0 Å². The van der Waals surface area contributed by atoms with Gasteiger partial charge in [-0.25, -0.2) is 0 Å². The van der Waals surface area contributed by atoms with Gasteiger partial charge in [0, 0.05) is 10.5 Å². The summed E-state index contributed by atoms with van der Waals surface area (Å²) < 4.78 is 5.40. The van der Waals surface area contributed by atoms with Crippen LogP contribution in [0.4, 0.5) is 0 Å². The largest absolute Gasteiger partial charge is 0.494 e. The van der Waals surface area contributed by atoms with E-state index in [9.17, 15) is 4.79 Å². The van der Waals surface area contributed by atoms with Gasteiger partial charge in [-0.2, -0.15) is 0 Å². The van der Waals surface area contributed by atoms with Crippen LogP contribution < -0.4 is 4.74 Å². The average Bonchev–Trinajstić information content (AvgIpc) is 2.28. The normalized spacial score (nSPS) is 12.2. The molecule has 0 heterocycles. The van der Waals surface area contributed by atoms with Crippen molar-refractivity contribution in [2.45, 2.75) is 23.6 Å². The number of carbonyl (C=O) groups is 1. The molecule has 88 valence electrons. The lowest BCUT2D eigenvalue weighted by atomic mass is 10.1. The number of carbonyl (C=O) groups excluding carboxylic acids is 1. The summed E-state index contributed by atoms with van der Waals surface area (Å²) in [5, 5.41) is 0. The van der Waals surface area contributed by atoms with E-state index in [2.05, 4.69) is 15.9 Å². The summed E-state index contributed by atoms with van der Waals surface area (Å²) in [5.41, 5.74) is 0.725. The van der Waals surface area contributed by atoms with Gasteiger partial charge in [-0.1, -0.05) is 15.9 Å². The van der Waals surface area contributed by atoms with Gasteiger partial charge in [-0.15, -0.1) is 11.8 Å². The molecule has 0 spiro atoms. The lowest BCUT2D eigenvalue weighted by Gasteiger charge is -2.10. The number of halogens is 1. The van der Waals surface area contributed by atoms with Gasteiger partial charge in [0.15, 0.2) is 5.78 Å². The van der Waals surface area contributed by atoms with Crippen molar-refractivity contribution in [3.05, 3.63) is 23.8 Å². The van der Waals surface area contributed by atoms with Gasteiger partial charge in [0.2, 0.25) is 0 Å². The molecule has 0 amide bonds. The number of thioether (sulfide) groups is 1. The number of Topliss-reactive ketones (excluding diaryl/α,β-unsaturated/α-hetero) is 1. The third-order valence-electron chi connectivity index (χ3n) is 2.11. The number of hydrogen-bond donors (Lipinski definition) is 0. The summed E-state index contributed by atoms with van der Waals surface area (Å²) in [6.45, 7) is 4.37. The van der Waals surface area contributed by atoms with Crippen molar-refractivity contribution in [2.75, 3.05) is 12.9 Å². The predicted octanol–water partition coefficient (Wildman–Crippen LogP) is 3.77. The summed E-state index contributed by atoms with van der Waals surface area (Å²) in [7, 11) is 0. The highest BCUT2D eigenvalue weighted by Gasteiger charge is 2.16. The summed E-state index contributed by atoms with van der Waals surface area (Å²) in [4.78, 5) is 12.8. The van der Waals surface area contributed by atoms with Crippen LogP contribution in [0.15, 0.2) is 23.1 Å². The molecule has 0 aliphatic carbocycles. The first-order valence-corrected chi connectivity index (χ1v) is 7.23. The van der Waals surface area contributed by atoms with Crippen LogP contribution in [0.2, 0.25) is 0 Å². The smallest absolute Gasteiger partial charge is 0.177 e. The van der Waals surface area contributed by atoms with Gasteiger partial charge >= 0.3 is 0 Å². The van der Waals surface area contributed by atoms with Crippen LogP contribution in [0.25, 0.3) is 0 Å². The second-order valence-electron chi connectivity index (χ2n) is 3.28. The number of ether oxygens (including phenoxy) is 1. The quantitative estimate of drug-likeness (QED) is 0.470. The molecule has 1 unspecified atom stereocenters. The lowest BCUT2D eigenvalue weighted by molar-refractivity contribution is 0.0992. The highest BCUT2D eigenvalue weighted by Crippen LogP contribution is 2.27. The Bertz CT molecular complexity index is 377. The molecule has 1 atom stereocenters. The second-order valence-corrected chi connectivity index (χ2v) is 5.50. The van der Waals surface area contributed by atoms with Gasteiger partial charge in [0.25, 0.3) is 0 Å². The van der Waals surface area contributed by atoms with Crippen molar-refractivity contribution in [2.24, 2.45) is 0 Å². The third-order valence-corrected chi connectivity index (χ3v) is 3.32. The van der Waals surface area contributed by atoms with Crippen molar-refractivity contribution in [3.63, 3.8) is 0 Å². The number of hydrogen-bond acceptors (Lipinski definition) is 3. The Kier molecular flexibility index (Phi) is 5.35. The fourth-order valence-electron chi connectivity index (χ4n) is 1.35. The zero-order chi connectivity index (χ0) is 12.1. The van der Waals surface area contributed by atoms with Crippen molar-refractivity contribution < 1.29 is 9.53 Å². The van der Waals surface area contributed by atoms with E-state index in [-0.39, 0.29) is 10.6 Å². The van der Waals surface area contributed by atoms with E-state index in [1.807, 2.05) is 38.3 Å². The molecule has 0 aromatic heterocycles. The molecule has 0 radical (unpaired) electrons. The molecule has 0 aliphatic rings. The highest BCUT2D eigenvalue weighted by atomic mass is 79.9. The first-order valence-electron chi connectivity index (χ1n) is 5.09. The predicted molar refractivity (Wildman–Crippen MR) is 72.1 cm³/mol. The maximum Gasteiger partial charge on any atom is 0.177 e. The Labute approximate surface area is 109 Å². The van der Waals surface area contributed by atoms with Gasteiger partial charge < -0.3 is 4.74 Å². The Morgan fingerprint density at radius 2 is 2.25 bits per heavy atom. The van der Waals surface area contributed by atoms with Gasteiger partial charge in [-0.05, 0) is 38.3 Å². The summed E-state index contributed by atoms with van der Waals surface area (Å²) in [6, 6.07) is 5.64. The number of ketones is 1. The summed E-state index contributed by atoms with van der Waals surface area (Å²) >= 11 is 4.87. The first-order chi connectivity index (χ1) is 7.60. The molecule has 4 heteroatoms. The molecule has 0 saturated carbocycles. The molecule has 1 aromatic carbocycles. The topological polar surface area (TPSA) is 26.3 Å². The van der Waals surface area contributed by atoms with Crippen LogP contribution in [0.3, 0.4) is 0 Å². The number of alkyl halides is 1. The van der Waals surface area contributed by atoms with E-state index in [0.29, 0.717) is 6.61 Å². The van der Waals surface area contributed by atoms with Gasteiger partial charge in [0.05, 0.1) is 11.4 Å². The van der Waals surface area contributed by atoms with E-state index in [1.165, 1.54) is 0 Å². The van der Waals surface area contributed by atoms with Crippen LogP contribution in [0, 0.1) is 0 Å². The second kappa shape index (κ2) is 6.30. The van der Waals surface area contributed by atoms with Crippen molar-refractivity contribution >= 4 is 33.5 Å². The number of benzene rings is 1. The Morgan fingerprint density at radius 1 is 1.56 bits per heavy atom. The molecule has 0 aliphatic heterocycles. The van der Waals surface area contributed by atoms with E-state index >= 15 is 0 Å². The van der Waals surface area contributed by atoms with Gasteiger partial charge in [0.1, 0.15) is 5.75 Å². The van der Waals surface area contributed by atoms with Crippen molar-refractivity contribution in [1.29, 1.82) is 0 Å². The van der Waals surface area contributed by atoms with Crippen molar-refractivity contribution in [3.8, 4) is 5.75 Å². The molecule has 16 heavy (non-hydrogen) atoms. The fraction of sp³-hybridized carbons (Fsp3) is 0.417. The molecular formula is C12H15BrO2S. The molecule has 1 aromatic rings. The van der Waals surface area contributed by atoms with Crippen LogP contribution >= 0.6 is 27.7 Å². The molecular weight excluding hydrogens is 288 g/mol. The molecule has 0 N–H and O–H groups in total. The fourth-order valence-corrected chi connectivity index (χ4v) is 2.18. The Hall–Kier alpha value is -0.480. The van der Waals surface area contributed by atoms with Gasteiger partial charge in [-0.3, -0.25) is 4.79 Å². The summed E-state index contributed by atoms with van der Waals surface area (Å²) in [5.74, 6) is 0.836. The standard InChI is InChI=1S/C12H15BrO2S/c1-4-15-9-5-6-11(16-3)10(7-9)12(14)8(2)13/h5-8H,4H2,1-3H3. The minimum atomic E-state index is -0.171. The minimum absolute atomic E-state index is 0.0888. The molecule has 0 saturated heterocycles.